The summed E-state index contributed by atoms with van der Waals surface area (Å²) in [6.45, 7) is 1.83. The summed E-state index contributed by atoms with van der Waals surface area (Å²) in [6, 6.07) is 3.07. The lowest BCUT2D eigenvalue weighted by Gasteiger charge is -2.03. The molecule has 14 heavy (non-hydrogen) atoms. The number of hydrogen-bond donors (Lipinski definition) is 1. The number of thiophene rings is 1. The van der Waals surface area contributed by atoms with Crippen molar-refractivity contribution in [1.82, 2.24) is 0 Å². The Balaban J connectivity index is 2.74. The molecule has 2 aromatic rings. The van der Waals surface area contributed by atoms with Crippen LogP contribution in [-0.2, 0) is 0 Å². The van der Waals surface area contributed by atoms with Gasteiger partial charge in [0.2, 0.25) is 0 Å². The van der Waals surface area contributed by atoms with Crippen molar-refractivity contribution in [2.75, 3.05) is 0 Å². The molecule has 0 saturated carbocycles. The van der Waals surface area contributed by atoms with Gasteiger partial charge in [0.25, 0.3) is 6.43 Å². The van der Waals surface area contributed by atoms with Crippen LogP contribution in [0.1, 0.15) is 17.6 Å². The van der Waals surface area contributed by atoms with E-state index in [-0.39, 0.29) is 5.56 Å². The van der Waals surface area contributed by atoms with E-state index in [0.717, 1.165) is 20.5 Å². The Labute approximate surface area is 90.0 Å². The third-order valence-corrected chi connectivity index (χ3v) is 3.58. The van der Waals surface area contributed by atoms with E-state index >= 15 is 0 Å². The van der Waals surface area contributed by atoms with Gasteiger partial charge < -0.3 is 0 Å². The van der Waals surface area contributed by atoms with Crippen molar-refractivity contribution in [2.24, 2.45) is 0 Å². The molecule has 74 valence electrons. The van der Waals surface area contributed by atoms with Crippen molar-refractivity contribution >= 4 is 34.1 Å². The summed E-state index contributed by atoms with van der Waals surface area (Å²) in [6.07, 6.45) is -2.40. The van der Waals surface area contributed by atoms with Crippen LogP contribution in [0.3, 0.4) is 0 Å². The van der Waals surface area contributed by atoms with Gasteiger partial charge in [-0.1, -0.05) is 0 Å². The highest BCUT2D eigenvalue weighted by molar-refractivity contribution is 7.80. The van der Waals surface area contributed by atoms with Gasteiger partial charge in [0.1, 0.15) is 0 Å². The molecule has 0 atom stereocenters. The van der Waals surface area contributed by atoms with Crippen molar-refractivity contribution in [3.05, 3.63) is 28.6 Å². The van der Waals surface area contributed by atoms with Crippen LogP contribution < -0.4 is 0 Å². The fourth-order valence-electron chi connectivity index (χ4n) is 1.51. The molecule has 4 heteroatoms. The lowest BCUT2D eigenvalue weighted by molar-refractivity contribution is 0.151. The van der Waals surface area contributed by atoms with Gasteiger partial charge in [-0.2, -0.15) is 0 Å². The molecule has 0 fully saturated rings. The lowest BCUT2D eigenvalue weighted by atomic mass is 10.1. The summed E-state index contributed by atoms with van der Waals surface area (Å²) in [5.74, 6) is 0. The van der Waals surface area contributed by atoms with Crippen LogP contribution >= 0.6 is 24.0 Å². The molecule has 0 aliphatic carbocycles. The minimum Gasteiger partial charge on any atom is -0.205 e. The molecule has 0 radical (unpaired) electrons. The Bertz CT molecular complexity index is 474. The van der Waals surface area contributed by atoms with Crippen molar-refractivity contribution in [3.63, 3.8) is 0 Å². The fourth-order valence-corrected chi connectivity index (χ4v) is 2.99. The minimum absolute atomic E-state index is 0.0881. The largest absolute Gasteiger partial charge is 0.263 e. The molecule has 0 unspecified atom stereocenters. The standard InChI is InChI=1S/C10H8F2S2/c1-5-2-6(10(11)12)3-8-9(5)7(13)4-14-8/h2-4,10,13H,1H3. The molecular weight excluding hydrogens is 222 g/mol. The number of rotatable bonds is 1. The van der Waals surface area contributed by atoms with Crippen LogP contribution in [0, 0.1) is 6.92 Å². The normalized spacial score (nSPS) is 11.5. The van der Waals surface area contributed by atoms with E-state index in [0.29, 0.717) is 0 Å². The molecule has 0 saturated heterocycles. The number of benzene rings is 1. The monoisotopic (exact) mass is 230 g/mol. The summed E-state index contributed by atoms with van der Waals surface area (Å²) in [5, 5.41) is 2.86. The van der Waals surface area contributed by atoms with Crippen molar-refractivity contribution in [1.29, 1.82) is 0 Å². The van der Waals surface area contributed by atoms with Crippen LogP contribution in [0.4, 0.5) is 8.78 Å². The molecule has 0 amide bonds. The molecule has 0 nitrogen and oxygen atoms in total. The Morgan fingerprint density at radius 3 is 2.71 bits per heavy atom. The summed E-state index contributed by atoms with van der Waals surface area (Å²) in [7, 11) is 0. The van der Waals surface area contributed by atoms with Gasteiger partial charge >= 0.3 is 0 Å². The van der Waals surface area contributed by atoms with Crippen LogP contribution in [0.25, 0.3) is 10.1 Å². The molecule has 1 aromatic carbocycles. The van der Waals surface area contributed by atoms with Crippen molar-refractivity contribution < 1.29 is 8.78 Å². The number of hydrogen-bond acceptors (Lipinski definition) is 2. The zero-order chi connectivity index (χ0) is 10.3. The summed E-state index contributed by atoms with van der Waals surface area (Å²) in [4.78, 5) is 0.864. The molecule has 2 rings (SSSR count). The number of fused-ring (bicyclic) bond motifs is 1. The van der Waals surface area contributed by atoms with E-state index < -0.39 is 6.43 Å². The van der Waals surface area contributed by atoms with Gasteiger partial charge in [-0.3, -0.25) is 0 Å². The summed E-state index contributed by atoms with van der Waals surface area (Å²) < 4.78 is 25.8. The zero-order valence-corrected chi connectivity index (χ0v) is 9.13. The Hall–Kier alpha value is -0.610. The van der Waals surface area contributed by atoms with E-state index in [1.165, 1.54) is 23.5 Å². The van der Waals surface area contributed by atoms with Crippen molar-refractivity contribution in [2.45, 2.75) is 18.2 Å². The second-order valence-corrected chi connectivity index (χ2v) is 4.53. The number of aryl methyl sites for hydroxylation is 1. The van der Waals surface area contributed by atoms with Gasteiger partial charge in [-0.25, -0.2) is 8.78 Å². The number of thiol groups is 1. The average Bonchev–Trinajstić information content (AvgIpc) is 2.48. The first kappa shape index (κ1) is 9.93. The van der Waals surface area contributed by atoms with Crippen LogP contribution in [0.5, 0.6) is 0 Å². The first-order chi connectivity index (χ1) is 6.59. The predicted octanol–water partition coefficient (Wildman–Crippen LogP) is 4.44. The maximum absolute atomic E-state index is 12.5. The molecule has 0 N–H and O–H groups in total. The molecule has 0 spiro atoms. The molecule has 1 heterocycles. The van der Waals surface area contributed by atoms with Gasteiger partial charge in [0.15, 0.2) is 0 Å². The first-order valence-electron chi connectivity index (χ1n) is 4.08. The summed E-state index contributed by atoms with van der Waals surface area (Å²) in [5.41, 5.74) is 0.953. The second-order valence-electron chi connectivity index (χ2n) is 3.13. The SMILES string of the molecule is Cc1cc(C(F)F)cc2scc(S)c12. The van der Waals surface area contributed by atoms with E-state index in [2.05, 4.69) is 12.6 Å². The highest BCUT2D eigenvalue weighted by Gasteiger charge is 2.11. The third kappa shape index (κ3) is 1.53. The van der Waals surface area contributed by atoms with E-state index in [1.807, 2.05) is 12.3 Å². The van der Waals surface area contributed by atoms with E-state index in [1.54, 1.807) is 0 Å². The van der Waals surface area contributed by atoms with E-state index in [4.69, 9.17) is 0 Å². The van der Waals surface area contributed by atoms with Gasteiger partial charge in [-0.15, -0.1) is 24.0 Å². The Morgan fingerprint density at radius 2 is 2.07 bits per heavy atom. The average molecular weight is 230 g/mol. The topological polar surface area (TPSA) is 0 Å². The second kappa shape index (κ2) is 3.51. The van der Waals surface area contributed by atoms with E-state index in [9.17, 15) is 8.78 Å². The highest BCUT2D eigenvalue weighted by Crippen LogP contribution is 2.34. The van der Waals surface area contributed by atoms with Crippen LogP contribution in [0.2, 0.25) is 0 Å². The van der Waals surface area contributed by atoms with Gasteiger partial charge in [0, 0.05) is 25.9 Å². The number of alkyl halides is 2. The molecule has 0 aliphatic heterocycles. The molecule has 0 bridgehead atoms. The molecular formula is C10H8F2S2. The van der Waals surface area contributed by atoms with Crippen LogP contribution in [0.15, 0.2) is 22.4 Å². The minimum atomic E-state index is -2.40. The predicted molar refractivity (Wildman–Crippen MR) is 58.8 cm³/mol. The molecule has 1 aromatic heterocycles. The Morgan fingerprint density at radius 1 is 1.36 bits per heavy atom. The Kier molecular flexibility index (Phi) is 2.49. The van der Waals surface area contributed by atoms with Gasteiger partial charge in [-0.05, 0) is 24.6 Å². The third-order valence-electron chi connectivity index (χ3n) is 2.13. The smallest absolute Gasteiger partial charge is 0.205 e. The van der Waals surface area contributed by atoms with Crippen molar-refractivity contribution in [3.8, 4) is 0 Å². The number of halogens is 2. The zero-order valence-electron chi connectivity index (χ0n) is 7.42. The lowest BCUT2D eigenvalue weighted by Crippen LogP contribution is -1.85. The quantitative estimate of drug-likeness (QED) is 0.688. The fraction of sp³-hybridized carbons (Fsp3) is 0.200. The maximum Gasteiger partial charge on any atom is 0.263 e. The molecule has 0 aliphatic rings. The first-order valence-corrected chi connectivity index (χ1v) is 5.41. The van der Waals surface area contributed by atoms with Crippen LogP contribution in [-0.4, -0.2) is 0 Å². The van der Waals surface area contributed by atoms with Gasteiger partial charge in [0.05, 0.1) is 0 Å². The summed E-state index contributed by atoms with van der Waals surface area (Å²) >= 11 is 5.73. The maximum atomic E-state index is 12.5. The highest BCUT2D eigenvalue weighted by atomic mass is 32.1.